The van der Waals surface area contributed by atoms with Crippen LogP contribution in [0.1, 0.15) is 31.4 Å². The maximum Gasteiger partial charge on any atom is 0.239 e. The molecule has 2 aromatic heterocycles. The molecule has 0 bridgehead atoms. The van der Waals surface area contributed by atoms with E-state index >= 15 is 0 Å². The van der Waals surface area contributed by atoms with Gasteiger partial charge in [-0.2, -0.15) is 5.26 Å². The van der Waals surface area contributed by atoms with E-state index in [1.165, 1.54) is 23.1 Å². The highest BCUT2D eigenvalue weighted by molar-refractivity contribution is 8.00. The van der Waals surface area contributed by atoms with Crippen LogP contribution in [0.25, 0.3) is 32.6 Å². The molecule has 3 aromatic carbocycles. The van der Waals surface area contributed by atoms with Gasteiger partial charge in [-0.15, -0.1) is 0 Å². The molecular formula is C33H30N4O3S2. The highest BCUT2D eigenvalue weighted by Gasteiger charge is 2.24. The molecule has 0 spiro atoms. The van der Waals surface area contributed by atoms with Crippen LogP contribution in [0.5, 0.6) is 11.5 Å². The summed E-state index contributed by atoms with van der Waals surface area (Å²) in [4.78, 5) is 23.0. The van der Waals surface area contributed by atoms with Crippen LogP contribution in [0.15, 0.2) is 77.8 Å². The number of nitrogens with one attached hydrogen (secondary N) is 1. The van der Waals surface area contributed by atoms with Gasteiger partial charge in [-0.3, -0.25) is 4.79 Å². The lowest BCUT2D eigenvalue weighted by Crippen LogP contribution is -2.24. The number of anilines is 1. The minimum atomic E-state index is -0.493. The van der Waals surface area contributed by atoms with E-state index in [-0.39, 0.29) is 5.91 Å². The van der Waals surface area contributed by atoms with Crippen molar-refractivity contribution in [3.63, 3.8) is 0 Å². The van der Waals surface area contributed by atoms with Gasteiger partial charge in [0.25, 0.3) is 0 Å². The molecular weight excluding hydrogens is 565 g/mol. The summed E-state index contributed by atoms with van der Waals surface area (Å²) in [6.45, 7) is 6.49. The lowest BCUT2D eigenvalue weighted by Gasteiger charge is -2.17. The molecule has 9 heteroatoms. The van der Waals surface area contributed by atoms with Crippen LogP contribution < -0.4 is 14.8 Å². The van der Waals surface area contributed by atoms with Gasteiger partial charge in [-0.05, 0) is 74.4 Å². The van der Waals surface area contributed by atoms with Crippen LogP contribution in [-0.2, 0) is 4.79 Å². The number of ether oxygens (including phenoxy) is 2. The molecule has 0 aliphatic heterocycles. The van der Waals surface area contributed by atoms with Crippen LogP contribution in [0.2, 0.25) is 0 Å². The van der Waals surface area contributed by atoms with Gasteiger partial charge < -0.3 is 14.8 Å². The molecule has 2 heterocycles. The number of rotatable bonds is 10. The largest absolute Gasteiger partial charge is 0.497 e. The van der Waals surface area contributed by atoms with Crippen LogP contribution in [-0.4, -0.2) is 34.8 Å². The summed E-state index contributed by atoms with van der Waals surface area (Å²) in [7, 11) is 1.63. The van der Waals surface area contributed by atoms with Crippen molar-refractivity contribution in [3.05, 3.63) is 83.9 Å². The number of hydrogen-bond acceptors (Lipinski definition) is 8. The summed E-state index contributed by atoms with van der Waals surface area (Å²) < 4.78 is 11.9. The SMILES string of the molecule is CCOc1ccc2nc(NC(=O)C(CC)Sc3nc(-c4ccc(OC)cc4)cc(-c4ccc(C)cc4)c3C#N)sc2c1. The number of nitriles is 1. The van der Waals surface area contributed by atoms with Gasteiger partial charge in [0, 0.05) is 11.1 Å². The summed E-state index contributed by atoms with van der Waals surface area (Å²) in [5, 5.41) is 13.8. The van der Waals surface area contributed by atoms with Crippen molar-refractivity contribution in [3.8, 4) is 40.0 Å². The third kappa shape index (κ3) is 6.40. The second-order valence-electron chi connectivity index (χ2n) is 9.53. The Labute approximate surface area is 253 Å². The number of carbonyl (C=O) groups is 1. The van der Waals surface area contributed by atoms with E-state index in [2.05, 4.69) is 16.4 Å². The highest BCUT2D eigenvalue weighted by Crippen LogP contribution is 2.37. The summed E-state index contributed by atoms with van der Waals surface area (Å²) in [5.41, 5.74) is 5.64. The van der Waals surface area contributed by atoms with E-state index < -0.39 is 5.25 Å². The van der Waals surface area contributed by atoms with Crippen molar-refractivity contribution in [2.24, 2.45) is 0 Å². The molecule has 1 atom stereocenters. The Bertz CT molecular complexity index is 1760. The summed E-state index contributed by atoms with van der Waals surface area (Å²) in [5.74, 6) is 1.32. The number of hydrogen-bond donors (Lipinski definition) is 1. The molecule has 5 rings (SSSR count). The molecule has 0 aliphatic rings. The lowest BCUT2D eigenvalue weighted by molar-refractivity contribution is -0.115. The number of fused-ring (bicyclic) bond motifs is 1. The average Bonchev–Trinajstić information content (AvgIpc) is 3.41. The van der Waals surface area contributed by atoms with E-state index in [0.717, 1.165) is 44.0 Å². The van der Waals surface area contributed by atoms with E-state index in [4.69, 9.17) is 14.5 Å². The zero-order chi connectivity index (χ0) is 29.6. The second-order valence-corrected chi connectivity index (χ2v) is 11.7. The number of pyridine rings is 1. The van der Waals surface area contributed by atoms with Crippen molar-refractivity contribution in [2.75, 3.05) is 19.0 Å². The molecule has 1 N–H and O–H groups in total. The van der Waals surface area contributed by atoms with Crippen molar-refractivity contribution in [1.82, 2.24) is 9.97 Å². The van der Waals surface area contributed by atoms with Crippen LogP contribution >= 0.6 is 23.1 Å². The van der Waals surface area contributed by atoms with Crippen molar-refractivity contribution in [2.45, 2.75) is 37.5 Å². The first-order valence-electron chi connectivity index (χ1n) is 13.6. The first-order chi connectivity index (χ1) is 20.4. The van der Waals surface area contributed by atoms with Gasteiger partial charge >= 0.3 is 0 Å². The smallest absolute Gasteiger partial charge is 0.239 e. The Morgan fingerprint density at radius 1 is 1.00 bits per heavy atom. The number of carbonyl (C=O) groups excluding carboxylic acids is 1. The Kier molecular flexibility index (Phi) is 9.06. The Hall–Kier alpha value is -4.39. The predicted octanol–water partition coefficient (Wildman–Crippen LogP) is 8.12. The minimum absolute atomic E-state index is 0.191. The van der Waals surface area contributed by atoms with E-state index in [1.807, 2.05) is 93.6 Å². The fourth-order valence-corrected chi connectivity index (χ4v) is 6.37. The average molecular weight is 595 g/mol. The number of nitrogens with zero attached hydrogens (tertiary/aromatic N) is 3. The normalized spacial score (nSPS) is 11.6. The first kappa shape index (κ1) is 29.1. The molecule has 42 heavy (non-hydrogen) atoms. The van der Waals surface area contributed by atoms with Gasteiger partial charge in [0.2, 0.25) is 5.91 Å². The van der Waals surface area contributed by atoms with Crippen LogP contribution in [0.4, 0.5) is 5.13 Å². The monoisotopic (exact) mass is 594 g/mol. The summed E-state index contributed by atoms with van der Waals surface area (Å²) in [6, 6.07) is 25.7. The number of thiazole rings is 1. The number of aromatic nitrogens is 2. The quantitative estimate of drug-likeness (QED) is 0.163. The van der Waals surface area contributed by atoms with Crippen LogP contribution in [0.3, 0.4) is 0 Å². The fourth-order valence-electron chi connectivity index (χ4n) is 4.44. The van der Waals surface area contributed by atoms with Crippen molar-refractivity contribution < 1.29 is 14.3 Å². The van der Waals surface area contributed by atoms with Gasteiger partial charge in [0.1, 0.15) is 22.6 Å². The molecule has 1 amide bonds. The maximum atomic E-state index is 13.5. The topological polar surface area (TPSA) is 97.1 Å². The number of aryl methyl sites for hydroxylation is 1. The Balaban J connectivity index is 1.49. The Morgan fingerprint density at radius 2 is 1.71 bits per heavy atom. The number of benzene rings is 3. The van der Waals surface area contributed by atoms with E-state index in [9.17, 15) is 10.1 Å². The number of thioether (sulfide) groups is 1. The summed E-state index contributed by atoms with van der Waals surface area (Å²) >= 11 is 2.70. The molecule has 5 aromatic rings. The molecule has 0 radical (unpaired) electrons. The minimum Gasteiger partial charge on any atom is -0.497 e. The van der Waals surface area contributed by atoms with Gasteiger partial charge in [0.05, 0.1) is 40.4 Å². The third-order valence-electron chi connectivity index (χ3n) is 6.66. The number of methoxy groups -OCH3 is 1. The third-order valence-corrected chi connectivity index (χ3v) is 8.95. The fraction of sp³-hybridized carbons (Fsp3) is 0.212. The molecule has 7 nitrogen and oxygen atoms in total. The lowest BCUT2D eigenvalue weighted by atomic mass is 9.98. The molecule has 1 unspecified atom stereocenters. The zero-order valence-electron chi connectivity index (χ0n) is 23.8. The molecule has 0 saturated carbocycles. The first-order valence-corrected chi connectivity index (χ1v) is 15.3. The zero-order valence-corrected chi connectivity index (χ0v) is 25.4. The van der Waals surface area contributed by atoms with E-state index in [0.29, 0.717) is 34.4 Å². The molecule has 0 saturated heterocycles. The maximum absolute atomic E-state index is 13.5. The molecule has 0 aliphatic carbocycles. The molecule has 212 valence electrons. The number of amides is 1. The van der Waals surface area contributed by atoms with Crippen molar-refractivity contribution >= 4 is 44.4 Å². The highest BCUT2D eigenvalue weighted by atomic mass is 32.2. The van der Waals surface area contributed by atoms with Crippen LogP contribution in [0, 0.1) is 18.3 Å². The van der Waals surface area contributed by atoms with Gasteiger partial charge in [0.15, 0.2) is 5.13 Å². The molecule has 0 fully saturated rings. The van der Waals surface area contributed by atoms with E-state index in [1.54, 1.807) is 7.11 Å². The van der Waals surface area contributed by atoms with Gasteiger partial charge in [-0.1, -0.05) is 59.9 Å². The standard InChI is InChI=1S/C33H30N4O3S2/c1-5-29(31(38)37-33-36-27-16-15-24(40-6-2)17-30(27)42-33)41-32-26(19-34)25(21-9-7-20(3)8-10-21)18-28(35-32)22-11-13-23(39-4)14-12-22/h7-18,29H,5-6H2,1-4H3,(H,36,37,38). The second kappa shape index (κ2) is 13.1. The van der Waals surface area contributed by atoms with Crippen molar-refractivity contribution in [1.29, 1.82) is 5.26 Å². The Morgan fingerprint density at radius 3 is 2.38 bits per heavy atom. The predicted molar refractivity (Wildman–Crippen MR) is 170 cm³/mol. The van der Waals surface area contributed by atoms with Gasteiger partial charge in [-0.25, -0.2) is 9.97 Å². The summed E-state index contributed by atoms with van der Waals surface area (Å²) in [6.07, 6.45) is 0.537.